The van der Waals surface area contributed by atoms with Crippen molar-refractivity contribution in [3.63, 3.8) is 0 Å². The first kappa shape index (κ1) is 21.1. The Bertz CT molecular complexity index is 1290. The number of furan rings is 1. The van der Waals surface area contributed by atoms with E-state index >= 15 is 0 Å². The molecule has 0 fully saturated rings. The SMILES string of the molecule is CC(C)NC(=O)CCn1cc(-c2c(-c3ccccc3)oc3cc(O)c(C(=O)O)cc23)nn1. The van der Waals surface area contributed by atoms with Crippen LogP contribution in [0.25, 0.3) is 33.6 Å². The van der Waals surface area contributed by atoms with Crippen molar-refractivity contribution in [3.8, 4) is 28.3 Å². The smallest absolute Gasteiger partial charge is 0.339 e. The van der Waals surface area contributed by atoms with Gasteiger partial charge in [-0.15, -0.1) is 5.10 Å². The van der Waals surface area contributed by atoms with Crippen molar-refractivity contribution in [2.75, 3.05) is 0 Å². The van der Waals surface area contributed by atoms with E-state index in [0.717, 1.165) is 5.56 Å². The number of aryl methyl sites for hydroxylation is 1. The minimum absolute atomic E-state index is 0.0550. The minimum Gasteiger partial charge on any atom is -0.507 e. The molecule has 164 valence electrons. The molecule has 2 heterocycles. The number of nitrogens with one attached hydrogen (secondary N) is 1. The molecule has 0 atom stereocenters. The third kappa shape index (κ3) is 4.18. The summed E-state index contributed by atoms with van der Waals surface area (Å²) in [6, 6.07) is 12.0. The summed E-state index contributed by atoms with van der Waals surface area (Å²) < 4.78 is 7.57. The molecule has 3 N–H and O–H groups in total. The van der Waals surface area contributed by atoms with Crippen molar-refractivity contribution in [3.05, 3.63) is 54.2 Å². The molecule has 0 saturated carbocycles. The molecule has 0 aliphatic heterocycles. The summed E-state index contributed by atoms with van der Waals surface area (Å²) in [6.45, 7) is 4.12. The number of aromatic nitrogens is 3. The number of carbonyl (C=O) groups excluding carboxylic acids is 1. The van der Waals surface area contributed by atoms with Gasteiger partial charge in [0.15, 0.2) is 0 Å². The summed E-state index contributed by atoms with van der Waals surface area (Å²) in [7, 11) is 0. The van der Waals surface area contributed by atoms with Crippen molar-refractivity contribution in [2.45, 2.75) is 32.9 Å². The van der Waals surface area contributed by atoms with Crippen LogP contribution in [0.1, 0.15) is 30.6 Å². The minimum atomic E-state index is -1.25. The van der Waals surface area contributed by atoms with Gasteiger partial charge in [-0.2, -0.15) is 0 Å². The molecule has 0 saturated heterocycles. The maximum atomic E-state index is 11.9. The summed E-state index contributed by atoms with van der Waals surface area (Å²) in [5, 5.41) is 31.2. The second kappa shape index (κ2) is 8.54. The fourth-order valence-corrected chi connectivity index (χ4v) is 3.48. The fraction of sp³-hybridized carbons (Fsp3) is 0.217. The van der Waals surface area contributed by atoms with Gasteiger partial charge in [-0.05, 0) is 19.9 Å². The van der Waals surface area contributed by atoms with Crippen molar-refractivity contribution in [2.24, 2.45) is 0 Å². The molecule has 32 heavy (non-hydrogen) atoms. The molecule has 1 amide bonds. The molecule has 0 aliphatic carbocycles. The number of nitrogens with zero attached hydrogens (tertiary/aromatic N) is 3. The van der Waals surface area contributed by atoms with E-state index < -0.39 is 5.97 Å². The predicted octanol–water partition coefficient (Wildman–Crippen LogP) is 3.68. The highest BCUT2D eigenvalue weighted by atomic mass is 16.4. The highest BCUT2D eigenvalue weighted by molar-refractivity contribution is 6.05. The molecular weight excluding hydrogens is 412 g/mol. The van der Waals surface area contributed by atoms with Crippen LogP contribution in [-0.2, 0) is 11.3 Å². The van der Waals surface area contributed by atoms with E-state index in [4.69, 9.17) is 4.42 Å². The fourth-order valence-electron chi connectivity index (χ4n) is 3.48. The highest BCUT2D eigenvalue weighted by Gasteiger charge is 2.23. The number of aromatic hydroxyl groups is 1. The van der Waals surface area contributed by atoms with Crippen LogP contribution in [0.3, 0.4) is 0 Å². The molecule has 0 bridgehead atoms. The zero-order chi connectivity index (χ0) is 22.8. The number of phenols is 1. The first-order valence-corrected chi connectivity index (χ1v) is 10.1. The maximum Gasteiger partial charge on any atom is 0.339 e. The lowest BCUT2D eigenvalue weighted by Gasteiger charge is -2.07. The summed E-state index contributed by atoms with van der Waals surface area (Å²) >= 11 is 0. The molecule has 9 heteroatoms. The Kier molecular flexibility index (Phi) is 5.63. The first-order chi connectivity index (χ1) is 15.3. The summed E-state index contributed by atoms with van der Waals surface area (Å²) in [5.74, 6) is -1.24. The van der Waals surface area contributed by atoms with Gasteiger partial charge < -0.3 is 19.9 Å². The molecule has 4 rings (SSSR count). The Morgan fingerprint density at radius 3 is 2.62 bits per heavy atom. The topological polar surface area (TPSA) is 130 Å². The number of benzene rings is 2. The Morgan fingerprint density at radius 1 is 1.19 bits per heavy atom. The first-order valence-electron chi connectivity index (χ1n) is 10.1. The Balaban J connectivity index is 1.78. The average Bonchev–Trinajstić information content (AvgIpc) is 3.35. The third-order valence-corrected chi connectivity index (χ3v) is 4.89. The maximum absolute atomic E-state index is 11.9. The van der Waals surface area contributed by atoms with Gasteiger partial charge in [0.05, 0.1) is 18.3 Å². The Morgan fingerprint density at radius 2 is 1.94 bits per heavy atom. The van der Waals surface area contributed by atoms with Gasteiger partial charge in [-0.25, -0.2) is 4.79 Å². The van der Waals surface area contributed by atoms with Gasteiger partial charge in [0, 0.05) is 29.5 Å². The number of hydrogen-bond acceptors (Lipinski definition) is 6. The van der Waals surface area contributed by atoms with E-state index in [9.17, 15) is 19.8 Å². The summed E-state index contributed by atoms with van der Waals surface area (Å²) in [6.07, 6.45) is 1.93. The number of aromatic carboxylic acids is 1. The quantitative estimate of drug-likeness (QED) is 0.404. The van der Waals surface area contributed by atoms with Crippen molar-refractivity contribution < 1.29 is 24.2 Å². The standard InChI is InChI=1S/C23H22N4O5/c1-13(2)24-20(29)8-9-27-12-17(25-26-27)21-16-10-15(23(30)31)18(28)11-19(16)32-22(21)14-6-4-3-5-7-14/h3-7,10-13,28H,8-9H2,1-2H3,(H,24,29)(H,30,31). The van der Waals surface area contributed by atoms with Gasteiger partial charge >= 0.3 is 5.97 Å². The largest absolute Gasteiger partial charge is 0.507 e. The number of amides is 1. The Labute approximate surface area is 183 Å². The number of carboxylic acid groups (broad SMARTS) is 1. The number of carboxylic acids is 1. The van der Waals surface area contributed by atoms with Crippen LogP contribution < -0.4 is 5.32 Å². The second-order valence-electron chi connectivity index (χ2n) is 7.68. The number of rotatable bonds is 7. The van der Waals surface area contributed by atoms with Crippen molar-refractivity contribution in [1.82, 2.24) is 20.3 Å². The van der Waals surface area contributed by atoms with E-state index in [2.05, 4.69) is 15.6 Å². The lowest BCUT2D eigenvalue weighted by molar-refractivity contribution is -0.121. The summed E-state index contributed by atoms with van der Waals surface area (Å²) in [5.41, 5.74) is 1.88. The van der Waals surface area contributed by atoms with E-state index in [0.29, 0.717) is 34.5 Å². The number of carbonyl (C=O) groups is 2. The molecule has 0 spiro atoms. The molecule has 0 radical (unpaired) electrons. The van der Waals surface area contributed by atoms with Crippen LogP contribution in [-0.4, -0.2) is 43.1 Å². The van der Waals surface area contributed by atoms with E-state index in [1.165, 1.54) is 12.1 Å². The molecule has 0 unspecified atom stereocenters. The molecule has 9 nitrogen and oxygen atoms in total. The summed E-state index contributed by atoms with van der Waals surface area (Å²) in [4.78, 5) is 23.5. The normalized spacial score (nSPS) is 11.2. The second-order valence-corrected chi connectivity index (χ2v) is 7.68. The highest BCUT2D eigenvalue weighted by Crippen LogP contribution is 2.42. The van der Waals surface area contributed by atoms with Crippen LogP contribution >= 0.6 is 0 Å². The van der Waals surface area contributed by atoms with Crippen molar-refractivity contribution in [1.29, 1.82) is 0 Å². The van der Waals surface area contributed by atoms with Gasteiger partial charge in [0.25, 0.3) is 0 Å². The third-order valence-electron chi connectivity index (χ3n) is 4.89. The van der Waals surface area contributed by atoms with Crippen LogP contribution in [0.4, 0.5) is 0 Å². The number of fused-ring (bicyclic) bond motifs is 1. The molecule has 2 aromatic heterocycles. The molecular formula is C23H22N4O5. The van der Waals surface area contributed by atoms with Crippen LogP contribution in [0.15, 0.2) is 53.1 Å². The van der Waals surface area contributed by atoms with Crippen LogP contribution in [0.5, 0.6) is 5.75 Å². The predicted molar refractivity (Wildman–Crippen MR) is 117 cm³/mol. The molecule has 4 aromatic rings. The monoisotopic (exact) mass is 434 g/mol. The zero-order valence-electron chi connectivity index (χ0n) is 17.6. The average molecular weight is 434 g/mol. The van der Waals surface area contributed by atoms with E-state index in [-0.39, 0.29) is 29.7 Å². The van der Waals surface area contributed by atoms with E-state index in [1.54, 1.807) is 10.9 Å². The van der Waals surface area contributed by atoms with Crippen LogP contribution in [0.2, 0.25) is 0 Å². The van der Waals surface area contributed by atoms with Gasteiger partial charge in [0.1, 0.15) is 28.4 Å². The van der Waals surface area contributed by atoms with Gasteiger partial charge in [-0.3, -0.25) is 9.48 Å². The number of hydrogen-bond donors (Lipinski definition) is 3. The lowest BCUT2D eigenvalue weighted by atomic mass is 10.0. The van der Waals surface area contributed by atoms with E-state index in [1.807, 2.05) is 44.2 Å². The lowest BCUT2D eigenvalue weighted by Crippen LogP contribution is -2.30. The van der Waals surface area contributed by atoms with Crippen LogP contribution in [0, 0.1) is 0 Å². The zero-order valence-corrected chi connectivity index (χ0v) is 17.6. The van der Waals surface area contributed by atoms with Gasteiger partial charge in [-0.1, -0.05) is 35.5 Å². The van der Waals surface area contributed by atoms with Gasteiger partial charge in [0.2, 0.25) is 5.91 Å². The molecule has 2 aromatic carbocycles. The van der Waals surface area contributed by atoms with Crippen molar-refractivity contribution >= 4 is 22.8 Å². The Hall–Kier alpha value is -4.14. The molecule has 0 aliphatic rings.